The van der Waals surface area contributed by atoms with Gasteiger partial charge in [0.05, 0.1) is 5.52 Å². The Balaban J connectivity index is 1.24. The van der Waals surface area contributed by atoms with Crippen molar-refractivity contribution in [1.82, 2.24) is 9.88 Å². The van der Waals surface area contributed by atoms with Crippen LogP contribution in [-0.4, -0.2) is 49.2 Å². The number of nitrogens with one attached hydrogen (secondary N) is 1. The number of piperazine rings is 1. The van der Waals surface area contributed by atoms with Crippen molar-refractivity contribution in [3.05, 3.63) is 65.6 Å². The van der Waals surface area contributed by atoms with Crippen molar-refractivity contribution in [3.63, 3.8) is 0 Å². The van der Waals surface area contributed by atoms with E-state index in [1.165, 1.54) is 12.1 Å². The molecule has 146 valence electrons. The Kier molecular flexibility index (Phi) is 5.93. The lowest BCUT2D eigenvalue weighted by Gasteiger charge is -2.36. The van der Waals surface area contributed by atoms with Gasteiger partial charge in [-0.15, -0.1) is 0 Å². The van der Waals surface area contributed by atoms with Gasteiger partial charge in [0.15, 0.2) is 0 Å². The second kappa shape index (κ2) is 8.76. The minimum absolute atomic E-state index is 0.182. The van der Waals surface area contributed by atoms with Gasteiger partial charge in [-0.2, -0.15) is 0 Å². The number of fused-ring (bicyclic) bond motifs is 1. The fraction of sp³-hybridized carbons (Fsp3) is 0.318. The molecule has 1 saturated heterocycles. The minimum atomic E-state index is -0.182. The molecule has 0 saturated carbocycles. The van der Waals surface area contributed by atoms with E-state index in [4.69, 9.17) is 11.6 Å². The minimum Gasteiger partial charge on any atom is -0.384 e. The van der Waals surface area contributed by atoms with Crippen LogP contribution in [0.15, 0.2) is 54.6 Å². The number of pyridine rings is 1. The molecule has 1 aliphatic heterocycles. The third-order valence-corrected chi connectivity index (χ3v) is 5.41. The molecule has 1 fully saturated rings. The van der Waals surface area contributed by atoms with Crippen LogP contribution in [-0.2, 0) is 0 Å². The zero-order valence-corrected chi connectivity index (χ0v) is 16.5. The summed E-state index contributed by atoms with van der Waals surface area (Å²) in [5.41, 5.74) is 3.05. The normalized spacial score (nSPS) is 15.1. The molecule has 0 bridgehead atoms. The number of aromatic nitrogens is 1. The molecule has 0 amide bonds. The topological polar surface area (TPSA) is 31.4 Å². The van der Waals surface area contributed by atoms with E-state index in [9.17, 15) is 4.39 Å². The number of benzene rings is 2. The second-order valence-corrected chi connectivity index (χ2v) is 7.48. The number of hydrogen-bond acceptors (Lipinski definition) is 4. The number of para-hydroxylation sites is 1. The van der Waals surface area contributed by atoms with Crippen LogP contribution in [0.3, 0.4) is 0 Å². The molecule has 0 unspecified atom stereocenters. The van der Waals surface area contributed by atoms with E-state index in [0.29, 0.717) is 5.15 Å². The smallest absolute Gasteiger partial charge is 0.131 e. The van der Waals surface area contributed by atoms with E-state index in [2.05, 4.69) is 26.2 Å². The first kappa shape index (κ1) is 19.0. The van der Waals surface area contributed by atoms with E-state index in [1.807, 2.05) is 36.4 Å². The molecule has 0 spiro atoms. The molecule has 1 aliphatic rings. The molecular weight excluding hydrogens is 375 g/mol. The van der Waals surface area contributed by atoms with Gasteiger partial charge in [0.2, 0.25) is 0 Å². The maximum absolute atomic E-state index is 13.1. The summed E-state index contributed by atoms with van der Waals surface area (Å²) >= 11 is 6.15. The van der Waals surface area contributed by atoms with Gasteiger partial charge in [-0.05, 0) is 49.4 Å². The Bertz CT molecular complexity index is 923. The lowest BCUT2D eigenvalue weighted by molar-refractivity contribution is 0.257. The molecule has 0 radical (unpaired) electrons. The van der Waals surface area contributed by atoms with E-state index in [1.54, 1.807) is 0 Å². The van der Waals surface area contributed by atoms with Crippen molar-refractivity contribution in [2.45, 2.75) is 6.42 Å². The van der Waals surface area contributed by atoms with Crippen LogP contribution in [0.25, 0.3) is 10.9 Å². The molecular formula is C22H24ClFN4. The molecule has 1 aromatic heterocycles. The first-order valence-electron chi connectivity index (χ1n) is 9.71. The lowest BCUT2D eigenvalue weighted by atomic mass is 10.2. The molecule has 3 aromatic rings. The van der Waals surface area contributed by atoms with Crippen molar-refractivity contribution in [2.24, 2.45) is 0 Å². The van der Waals surface area contributed by atoms with Crippen LogP contribution in [0, 0.1) is 5.82 Å². The van der Waals surface area contributed by atoms with Crippen LogP contribution < -0.4 is 10.2 Å². The highest BCUT2D eigenvalue weighted by molar-refractivity contribution is 6.30. The maximum Gasteiger partial charge on any atom is 0.131 e. The summed E-state index contributed by atoms with van der Waals surface area (Å²) < 4.78 is 13.1. The maximum atomic E-state index is 13.1. The molecule has 1 N–H and O–H groups in total. The molecule has 2 aromatic carbocycles. The number of hydrogen-bond donors (Lipinski definition) is 1. The summed E-state index contributed by atoms with van der Waals surface area (Å²) in [5, 5.41) is 5.12. The standard InChI is InChI=1S/C22H24ClFN4/c23-22-16-21(19-4-1-2-5-20(19)26-22)25-10-3-11-27-12-14-28(15-13-27)18-8-6-17(24)7-9-18/h1-2,4-9,16H,3,10-15H2,(H,25,26). The first-order valence-corrected chi connectivity index (χ1v) is 10.1. The summed E-state index contributed by atoms with van der Waals surface area (Å²) in [6.07, 6.45) is 1.06. The highest BCUT2D eigenvalue weighted by Gasteiger charge is 2.16. The largest absolute Gasteiger partial charge is 0.384 e. The number of halogens is 2. The molecule has 4 nitrogen and oxygen atoms in total. The van der Waals surface area contributed by atoms with E-state index >= 15 is 0 Å². The Labute approximate surface area is 169 Å². The molecule has 2 heterocycles. The van der Waals surface area contributed by atoms with Crippen molar-refractivity contribution in [1.29, 1.82) is 0 Å². The quantitative estimate of drug-likeness (QED) is 0.483. The van der Waals surface area contributed by atoms with E-state index in [-0.39, 0.29) is 5.82 Å². The lowest BCUT2D eigenvalue weighted by Crippen LogP contribution is -2.46. The summed E-state index contributed by atoms with van der Waals surface area (Å²) in [7, 11) is 0. The van der Waals surface area contributed by atoms with Crippen LogP contribution >= 0.6 is 11.6 Å². The fourth-order valence-corrected chi connectivity index (χ4v) is 3.90. The number of anilines is 2. The molecule has 4 rings (SSSR count). The van der Waals surface area contributed by atoms with Crippen LogP contribution in [0.4, 0.5) is 15.8 Å². The second-order valence-electron chi connectivity index (χ2n) is 7.10. The Hall–Kier alpha value is -2.37. The van der Waals surface area contributed by atoms with Gasteiger partial charge in [0, 0.05) is 49.5 Å². The molecule has 6 heteroatoms. The van der Waals surface area contributed by atoms with E-state index in [0.717, 1.165) is 68.0 Å². The molecule has 28 heavy (non-hydrogen) atoms. The van der Waals surface area contributed by atoms with Gasteiger partial charge in [0.25, 0.3) is 0 Å². The number of nitrogens with zero attached hydrogens (tertiary/aromatic N) is 3. The first-order chi connectivity index (χ1) is 13.7. The van der Waals surface area contributed by atoms with Gasteiger partial charge >= 0.3 is 0 Å². The van der Waals surface area contributed by atoms with Crippen molar-refractivity contribution in [3.8, 4) is 0 Å². The highest BCUT2D eigenvalue weighted by Crippen LogP contribution is 2.25. The van der Waals surface area contributed by atoms with Crippen molar-refractivity contribution >= 4 is 33.9 Å². The molecule has 0 atom stereocenters. The summed E-state index contributed by atoms with van der Waals surface area (Å²) in [5.74, 6) is -0.182. The van der Waals surface area contributed by atoms with Gasteiger partial charge in [-0.1, -0.05) is 29.8 Å². The summed E-state index contributed by atoms with van der Waals surface area (Å²) in [6, 6.07) is 16.7. The number of rotatable bonds is 6. The van der Waals surface area contributed by atoms with Gasteiger partial charge in [-0.25, -0.2) is 9.37 Å². The Morgan fingerprint density at radius 2 is 1.75 bits per heavy atom. The molecule has 0 aliphatic carbocycles. The van der Waals surface area contributed by atoms with Gasteiger partial charge in [-0.3, -0.25) is 4.90 Å². The third kappa shape index (κ3) is 4.54. The predicted octanol–water partition coefficient (Wildman–Crippen LogP) is 4.65. The Morgan fingerprint density at radius 3 is 2.54 bits per heavy atom. The van der Waals surface area contributed by atoms with Crippen molar-refractivity contribution < 1.29 is 4.39 Å². The summed E-state index contributed by atoms with van der Waals surface area (Å²) in [4.78, 5) is 9.17. The average Bonchev–Trinajstić information content (AvgIpc) is 2.72. The van der Waals surface area contributed by atoms with Crippen LogP contribution in [0.5, 0.6) is 0 Å². The zero-order valence-electron chi connectivity index (χ0n) is 15.7. The van der Waals surface area contributed by atoms with Gasteiger partial charge < -0.3 is 10.2 Å². The van der Waals surface area contributed by atoms with Crippen molar-refractivity contribution in [2.75, 3.05) is 49.5 Å². The average molecular weight is 399 g/mol. The SMILES string of the molecule is Fc1ccc(N2CCN(CCCNc3cc(Cl)nc4ccccc34)CC2)cc1. The van der Waals surface area contributed by atoms with Crippen LogP contribution in [0.2, 0.25) is 5.15 Å². The zero-order chi connectivity index (χ0) is 19.3. The third-order valence-electron chi connectivity index (χ3n) is 5.22. The summed E-state index contributed by atoms with van der Waals surface area (Å²) in [6.45, 7) is 5.96. The van der Waals surface area contributed by atoms with E-state index < -0.39 is 0 Å². The van der Waals surface area contributed by atoms with Gasteiger partial charge in [0.1, 0.15) is 11.0 Å². The monoisotopic (exact) mass is 398 g/mol. The van der Waals surface area contributed by atoms with Crippen LogP contribution in [0.1, 0.15) is 6.42 Å². The predicted molar refractivity (Wildman–Crippen MR) is 115 cm³/mol. The fourth-order valence-electron chi connectivity index (χ4n) is 3.70. The Morgan fingerprint density at radius 1 is 1.00 bits per heavy atom. The highest BCUT2D eigenvalue weighted by atomic mass is 35.5.